The van der Waals surface area contributed by atoms with Crippen molar-refractivity contribution in [3.8, 4) is 10.6 Å². The third kappa shape index (κ3) is 3.31. The number of nitrogens with one attached hydrogen (secondary N) is 1. The molecule has 0 bridgehead atoms. The Morgan fingerprint density at radius 3 is 2.56 bits per heavy atom. The summed E-state index contributed by atoms with van der Waals surface area (Å²) in [5, 5.41) is 5.99. The van der Waals surface area contributed by atoms with E-state index in [0.717, 1.165) is 60.1 Å². The van der Waals surface area contributed by atoms with Gasteiger partial charge in [0.1, 0.15) is 18.8 Å². The van der Waals surface area contributed by atoms with E-state index in [-0.39, 0.29) is 0 Å². The van der Waals surface area contributed by atoms with Gasteiger partial charge in [0.2, 0.25) is 5.36 Å². The van der Waals surface area contributed by atoms with Crippen molar-refractivity contribution in [2.75, 3.05) is 44.2 Å². The molecule has 3 heterocycles. The fourth-order valence-electron chi connectivity index (χ4n) is 3.99. The number of rotatable bonds is 1. The molecule has 27 heavy (non-hydrogen) atoms. The Morgan fingerprint density at radius 2 is 1.78 bits per heavy atom. The summed E-state index contributed by atoms with van der Waals surface area (Å²) in [5.41, 5.74) is 2.85. The number of hydrogen-bond acceptors (Lipinski definition) is 4. The van der Waals surface area contributed by atoms with E-state index in [4.69, 9.17) is 28.2 Å². The zero-order valence-electron chi connectivity index (χ0n) is 15.0. The molecule has 0 aromatic heterocycles. The lowest BCUT2D eigenvalue weighted by Gasteiger charge is -2.29. The quantitative estimate of drug-likeness (QED) is 0.481. The molecule has 1 aromatic rings. The van der Waals surface area contributed by atoms with Gasteiger partial charge in [0.05, 0.1) is 25.1 Å². The summed E-state index contributed by atoms with van der Waals surface area (Å²) >= 11 is 15.0. The first-order valence-electron chi connectivity index (χ1n) is 9.46. The maximum Gasteiger partial charge on any atom is 0.202 e. The average molecular weight is 420 g/mol. The smallest absolute Gasteiger partial charge is 0.202 e. The largest absolute Gasteiger partial charge is 0.369 e. The summed E-state index contributed by atoms with van der Waals surface area (Å²) in [6.07, 6.45) is 2.50. The summed E-state index contributed by atoms with van der Waals surface area (Å²) in [4.78, 5) is 8.33. The molecule has 0 spiro atoms. The number of anilines is 1. The topological polar surface area (TPSA) is 31.2 Å². The molecule has 1 aromatic carbocycles. The first-order chi connectivity index (χ1) is 13.2. The molecule has 1 N–H and O–H groups in total. The number of nitrogens with zero attached hydrogens (tertiary/aromatic N) is 3. The van der Waals surface area contributed by atoms with Crippen LogP contribution in [0.5, 0.6) is 0 Å². The lowest BCUT2D eigenvalue weighted by molar-refractivity contribution is 0.589. The van der Waals surface area contributed by atoms with Gasteiger partial charge in [-0.05, 0) is 12.1 Å². The van der Waals surface area contributed by atoms with E-state index in [1.54, 1.807) is 11.3 Å². The SMILES string of the molecule is Clc1cc(=[N+]2CCCC2)cc2sc3cc(N4CCNCC4)cc(Cl)c3nc1-2. The molecule has 0 unspecified atom stereocenters. The zero-order valence-corrected chi connectivity index (χ0v) is 17.3. The third-order valence-electron chi connectivity index (χ3n) is 5.42. The van der Waals surface area contributed by atoms with Crippen molar-refractivity contribution in [1.29, 1.82) is 0 Å². The van der Waals surface area contributed by atoms with E-state index >= 15 is 0 Å². The van der Waals surface area contributed by atoms with Crippen LogP contribution in [0.25, 0.3) is 20.8 Å². The predicted octanol–water partition coefficient (Wildman–Crippen LogP) is 3.68. The number of halogens is 2. The van der Waals surface area contributed by atoms with Crippen molar-refractivity contribution in [2.24, 2.45) is 0 Å². The minimum absolute atomic E-state index is 0.693. The van der Waals surface area contributed by atoms with Gasteiger partial charge in [0.25, 0.3) is 0 Å². The van der Waals surface area contributed by atoms with Crippen LogP contribution in [0.2, 0.25) is 10.0 Å². The molecule has 4 aliphatic rings. The Balaban J connectivity index is 1.70. The Labute approximate surface area is 172 Å². The summed E-state index contributed by atoms with van der Waals surface area (Å²) < 4.78 is 3.52. The van der Waals surface area contributed by atoms with Crippen molar-refractivity contribution in [2.45, 2.75) is 12.8 Å². The molecule has 2 fully saturated rings. The van der Waals surface area contributed by atoms with Gasteiger partial charge in [-0.15, -0.1) is 11.3 Å². The maximum atomic E-state index is 6.62. The molecule has 7 heteroatoms. The van der Waals surface area contributed by atoms with Gasteiger partial charge in [0.15, 0.2) is 0 Å². The van der Waals surface area contributed by atoms with Gasteiger partial charge in [0, 0.05) is 56.8 Å². The second-order valence-corrected chi connectivity index (χ2v) is 9.09. The highest BCUT2D eigenvalue weighted by atomic mass is 35.5. The monoisotopic (exact) mass is 419 g/mol. The van der Waals surface area contributed by atoms with Gasteiger partial charge in [-0.3, -0.25) is 0 Å². The van der Waals surface area contributed by atoms with Crippen LogP contribution < -0.4 is 20.1 Å². The first-order valence-corrected chi connectivity index (χ1v) is 11.0. The fraction of sp³-hybridized carbons (Fsp3) is 0.400. The van der Waals surface area contributed by atoms with Crippen LogP contribution in [0.1, 0.15) is 12.8 Å². The molecule has 0 radical (unpaired) electrons. The minimum atomic E-state index is 0.693. The second-order valence-electron chi connectivity index (χ2n) is 7.19. The van der Waals surface area contributed by atoms with Crippen molar-refractivity contribution >= 4 is 50.4 Å². The van der Waals surface area contributed by atoms with Gasteiger partial charge < -0.3 is 10.2 Å². The molecular weight excluding hydrogens is 399 g/mol. The lowest BCUT2D eigenvalue weighted by atomic mass is 10.2. The van der Waals surface area contributed by atoms with Crippen LogP contribution in [-0.4, -0.2) is 44.3 Å². The highest BCUT2D eigenvalue weighted by Crippen LogP contribution is 2.38. The molecular formula is C20H21Cl2N4S+. The van der Waals surface area contributed by atoms with E-state index < -0.39 is 0 Å². The van der Waals surface area contributed by atoms with Crippen molar-refractivity contribution in [1.82, 2.24) is 14.9 Å². The van der Waals surface area contributed by atoms with Crippen LogP contribution in [-0.2, 0) is 0 Å². The van der Waals surface area contributed by atoms with Crippen molar-refractivity contribution in [3.63, 3.8) is 0 Å². The summed E-state index contributed by atoms with van der Waals surface area (Å²) in [6, 6.07) is 8.53. The van der Waals surface area contributed by atoms with E-state index in [0.29, 0.717) is 10.0 Å². The number of benzene rings is 2. The van der Waals surface area contributed by atoms with Gasteiger partial charge >= 0.3 is 0 Å². The summed E-state index contributed by atoms with van der Waals surface area (Å²) in [5.74, 6) is 0. The predicted molar refractivity (Wildman–Crippen MR) is 116 cm³/mol. The molecule has 0 atom stereocenters. The molecule has 3 aliphatic heterocycles. The second kappa shape index (κ2) is 7.21. The number of aromatic nitrogens is 1. The summed E-state index contributed by atoms with van der Waals surface area (Å²) in [6.45, 7) is 6.21. The molecule has 5 rings (SSSR count). The maximum absolute atomic E-state index is 6.62. The van der Waals surface area contributed by atoms with Gasteiger partial charge in [-0.2, -0.15) is 0 Å². The fourth-order valence-corrected chi connectivity index (χ4v) is 5.71. The zero-order chi connectivity index (χ0) is 18.4. The first kappa shape index (κ1) is 17.7. The Morgan fingerprint density at radius 1 is 1.00 bits per heavy atom. The highest BCUT2D eigenvalue weighted by molar-refractivity contribution is 7.21. The van der Waals surface area contributed by atoms with Crippen molar-refractivity contribution < 1.29 is 0 Å². The lowest BCUT2D eigenvalue weighted by Crippen LogP contribution is -2.43. The molecule has 2 saturated heterocycles. The highest BCUT2D eigenvalue weighted by Gasteiger charge is 2.20. The molecule has 0 saturated carbocycles. The normalized spacial score (nSPS) is 18.0. The number of piperazine rings is 1. The molecule has 4 nitrogen and oxygen atoms in total. The van der Waals surface area contributed by atoms with Crippen LogP contribution in [0, 0.1) is 0 Å². The minimum Gasteiger partial charge on any atom is -0.369 e. The van der Waals surface area contributed by atoms with Gasteiger partial charge in [-0.25, -0.2) is 9.56 Å². The average Bonchev–Trinajstić information content (AvgIpc) is 3.22. The molecule has 0 amide bonds. The van der Waals surface area contributed by atoms with Crippen molar-refractivity contribution in [3.05, 3.63) is 39.7 Å². The Bertz CT molecular complexity index is 1050. The molecule has 1 aliphatic carbocycles. The molecule has 140 valence electrons. The number of fused-ring (bicyclic) bond motifs is 2. The van der Waals surface area contributed by atoms with Crippen LogP contribution in [0.15, 0.2) is 24.3 Å². The van der Waals surface area contributed by atoms with Crippen LogP contribution >= 0.6 is 34.5 Å². The van der Waals surface area contributed by atoms with E-state index in [1.165, 1.54) is 23.9 Å². The Kier molecular flexibility index (Phi) is 4.72. The summed E-state index contributed by atoms with van der Waals surface area (Å²) in [7, 11) is 0. The van der Waals surface area contributed by atoms with Crippen LogP contribution in [0.4, 0.5) is 5.69 Å². The van der Waals surface area contributed by atoms with E-state index in [9.17, 15) is 0 Å². The number of hydrogen-bond donors (Lipinski definition) is 1. The van der Waals surface area contributed by atoms with Gasteiger partial charge in [-0.1, -0.05) is 23.2 Å². The third-order valence-corrected chi connectivity index (χ3v) is 7.06. The van der Waals surface area contributed by atoms with Crippen LogP contribution in [0.3, 0.4) is 0 Å². The van der Waals surface area contributed by atoms with E-state index in [2.05, 4.69) is 26.9 Å². The van der Waals surface area contributed by atoms with E-state index in [1.807, 2.05) is 12.1 Å². The standard InChI is InChI=1S/C20H21Cl2N4S/c21-15-9-13(25-5-1-2-6-25)11-17-19(15)24-20-16(22)10-14(12-18(20)27-17)26-7-3-23-4-8-26/h9-12,23H,1-8H2/q+1. The Hall–Kier alpha value is -1.40.